The molecular weight excluding hydrogens is 360 g/mol. The summed E-state index contributed by atoms with van der Waals surface area (Å²) in [5.41, 5.74) is 10.4. The first-order valence-electron chi connectivity index (χ1n) is 10.7. The summed E-state index contributed by atoms with van der Waals surface area (Å²) in [6.07, 6.45) is 11.3. The summed E-state index contributed by atoms with van der Waals surface area (Å²) >= 11 is 0. The van der Waals surface area contributed by atoms with Crippen LogP contribution in [0.25, 0.3) is 0 Å². The second-order valence-electron chi connectivity index (χ2n) is 9.01. The van der Waals surface area contributed by atoms with Gasteiger partial charge in [-0.3, -0.25) is 4.79 Å². The number of primary amides is 1. The standard InChI is InChI=1S/C24H32N4O/c1-4-20-22(23(25)29)27-14-6-5-7-21(27)28(20)17-18-8-10-19(11-9-18)26-15-12-24(2,3)13-16-26/h5-11,14,21H,4,12-13,15-17H2,1-3H3,(H2,25,29). The van der Waals surface area contributed by atoms with Crippen molar-refractivity contribution in [3.63, 3.8) is 0 Å². The first-order valence-corrected chi connectivity index (χ1v) is 10.7. The molecule has 1 atom stereocenters. The fourth-order valence-electron chi connectivity index (χ4n) is 4.60. The Hall–Kier alpha value is -2.69. The zero-order chi connectivity index (χ0) is 20.6. The summed E-state index contributed by atoms with van der Waals surface area (Å²) in [5, 5.41) is 0. The Kier molecular flexibility index (Phi) is 5.15. The Bertz CT molecular complexity index is 855. The van der Waals surface area contributed by atoms with Crippen molar-refractivity contribution in [2.24, 2.45) is 11.1 Å². The van der Waals surface area contributed by atoms with E-state index in [1.165, 1.54) is 24.1 Å². The lowest BCUT2D eigenvalue weighted by Crippen LogP contribution is -2.38. The number of piperidine rings is 1. The van der Waals surface area contributed by atoms with Gasteiger partial charge in [-0.2, -0.15) is 0 Å². The highest BCUT2D eigenvalue weighted by Crippen LogP contribution is 2.36. The van der Waals surface area contributed by atoms with E-state index in [0.29, 0.717) is 11.1 Å². The molecule has 1 fully saturated rings. The quantitative estimate of drug-likeness (QED) is 0.824. The number of hydrogen-bond donors (Lipinski definition) is 1. The molecule has 2 N–H and O–H groups in total. The molecule has 0 aliphatic carbocycles. The summed E-state index contributed by atoms with van der Waals surface area (Å²) in [5.74, 6) is -0.363. The smallest absolute Gasteiger partial charge is 0.267 e. The van der Waals surface area contributed by atoms with E-state index in [2.05, 4.69) is 60.9 Å². The third kappa shape index (κ3) is 3.78. The van der Waals surface area contributed by atoms with Gasteiger partial charge in [0.2, 0.25) is 0 Å². The number of allylic oxidation sites excluding steroid dienone is 3. The van der Waals surface area contributed by atoms with E-state index in [1.54, 1.807) is 0 Å². The maximum absolute atomic E-state index is 12.1. The van der Waals surface area contributed by atoms with Crippen molar-refractivity contribution in [1.82, 2.24) is 9.80 Å². The van der Waals surface area contributed by atoms with Crippen LogP contribution in [0.4, 0.5) is 5.69 Å². The first kappa shape index (κ1) is 19.6. The molecule has 0 spiro atoms. The molecule has 4 rings (SSSR count). The van der Waals surface area contributed by atoms with Crippen molar-refractivity contribution in [2.75, 3.05) is 18.0 Å². The second-order valence-corrected chi connectivity index (χ2v) is 9.01. The third-order valence-corrected chi connectivity index (χ3v) is 6.46. The van der Waals surface area contributed by atoms with Gasteiger partial charge in [-0.15, -0.1) is 0 Å². The molecular formula is C24H32N4O. The van der Waals surface area contributed by atoms with Gasteiger partial charge in [0.1, 0.15) is 11.9 Å². The second kappa shape index (κ2) is 7.62. The van der Waals surface area contributed by atoms with Gasteiger partial charge in [0, 0.05) is 37.2 Å². The molecule has 5 heteroatoms. The molecule has 1 unspecified atom stereocenters. The molecule has 1 amide bonds. The Morgan fingerprint density at radius 3 is 2.45 bits per heavy atom. The first-order chi connectivity index (χ1) is 13.9. The molecule has 0 bridgehead atoms. The van der Waals surface area contributed by atoms with Crippen molar-refractivity contribution in [2.45, 2.75) is 52.7 Å². The van der Waals surface area contributed by atoms with Gasteiger partial charge >= 0.3 is 0 Å². The summed E-state index contributed by atoms with van der Waals surface area (Å²) in [6.45, 7) is 9.81. The fourth-order valence-corrected chi connectivity index (χ4v) is 4.60. The minimum absolute atomic E-state index is 0.0152. The van der Waals surface area contributed by atoms with Crippen molar-refractivity contribution in [3.8, 4) is 0 Å². The SMILES string of the molecule is CCC1=C(C(N)=O)N2C=CC=CC2N1Cc1ccc(N2CCC(C)(C)CC2)cc1. The van der Waals surface area contributed by atoms with Crippen LogP contribution in [-0.2, 0) is 11.3 Å². The number of carbonyl (C=O) groups is 1. The Morgan fingerprint density at radius 2 is 1.83 bits per heavy atom. The summed E-state index contributed by atoms with van der Waals surface area (Å²) in [4.78, 5) is 18.9. The lowest BCUT2D eigenvalue weighted by Gasteiger charge is -2.38. The summed E-state index contributed by atoms with van der Waals surface area (Å²) < 4.78 is 0. The van der Waals surface area contributed by atoms with Crippen LogP contribution in [0.1, 0.15) is 45.6 Å². The van der Waals surface area contributed by atoms with E-state index in [-0.39, 0.29) is 12.1 Å². The maximum Gasteiger partial charge on any atom is 0.267 e. The van der Waals surface area contributed by atoms with Crippen molar-refractivity contribution >= 4 is 11.6 Å². The predicted molar refractivity (Wildman–Crippen MR) is 118 cm³/mol. The number of fused-ring (bicyclic) bond motifs is 1. The minimum Gasteiger partial charge on any atom is -0.371 e. The molecule has 29 heavy (non-hydrogen) atoms. The minimum atomic E-state index is -0.363. The molecule has 5 nitrogen and oxygen atoms in total. The van der Waals surface area contributed by atoms with Crippen LogP contribution in [-0.4, -0.2) is 35.0 Å². The Labute approximate surface area is 174 Å². The molecule has 1 aromatic carbocycles. The third-order valence-electron chi connectivity index (χ3n) is 6.46. The number of nitrogens with zero attached hydrogens (tertiary/aromatic N) is 3. The predicted octanol–water partition coefficient (Wildman–Crippen LogP) is 3.95. The van der Waals surface area contributed by atoms with Crippen LogP contribution in [0.3, 0.4) is 0 Å². The Morgan fingerprint density at radius 1 is 1.14 bits per heavy atom. The van der Waals surface area contributed by atoms with Gasteiger partial charge in [0.15, 0.2) is 0 Å². The van der Waals surface area contributed by atoms with Crippen molar-refractivity contribution in [1.29, 1.82) is 0 Å². The number of carbonyl (C=O) groups excluding carboxylic acids is 1. The average Bonchev–Trinajstić information content (AvgIpc) is 3.02. The number of nitrogens with two attached hydrogens (primary N) is 1. The van der Waals surface area contributed by atoms with E-state index in [9.17, 15) is 4.79 Å². The van der Waals surface area contributed by atoms with E-state index >= 15 is 0 Å². The lowest BCUT2D eigenvalue weighted by atomic mass is 9.82. The van der Waals surface area contributed by atoms with E-state index in [1.807, 2.05) is 23.3 Å². The van der Waals surface area contributed by atoms with E-state index in [4.69, 9.17) is 5.73 Å². The maximum atomic E-state index is 12.1. The van der Waals surface area contributed by atoms with Crippen molar-refractivity contribution in [3.05, 3.63) is 65.7 Å². The molecule has 1 aromatic rings. The van der Waals surface area contributed by atoms with E-state index in [0.717, 1.165) is 31.8 Å². The molecule has 3 aliphatic heterocycles. The molecule has 1 saturated heterocycles. The Balaban J connectivity index is 1.52. The monoisotopic (exact) mass is 392 g/mol. The zero-order valence-corrected chi connectivity index (χ0v) is 17.8. The fraction of sp³-hybridized carbons (Fsp3) is 0.458. The van der Waals surface area contributed by atoms with Crippen LogP contribution in [0.2, 0.25) is 0 Å². The van der Waals surface area contributed by atoms with Crippen LogP contribution in [0, 0.1) is 5.41 Å². The number of amides is 1. The average molecular weight is 393 g/mol. The van der Waals surface area contributed by atoms with E-state index < -0.39 is 0 Å². The lowest BCUT2D eigenvalue weighted by molar-refractivity contribution is -0.115. The van der Waals surface area contributed by atoms with Gasteiger partial charge in [-0.1, -0.05) is 39.0 Å². The topological polar surface area (TPSA) is 52.8 Å². The summed E-state index contributed by atoms with van der Waals surface area (Å²) in [6, 6.07) is 8.92. The van der Waals surface area contributed by atoms with Crippen LogP contribution >= 0.6 is 0 Å². The summed E-state index contributed by atoms with van der Waals surface area (Å²) in [7, 11) is 0. The molecule has 0 saturated carbocycles. The largest absolute Gasteiger partial charge is 0.371 e. The van der Waals surface area contributed by atoms with Crippen LogP contribution in [0.5, 0.6) is 0 Å². The molecule has 3 aliphatic rings. The van der Waals surface area contributed by atoms with Crippen LogP contribution in [0.15, 0.2) is 60.1 Å². The number of benzene rings is 1. The van der Waals surface area contributed by atoms with Crippen LogP contribution < -0.4 is 10.6 Å². The highest BCUT2D eigenvalue weighted by Gasteiger charge is 2.38. The van der Waals surface area contributed by atoms with Crippen molar-refractivity contribution < 1.29 is 4.79 Å². The van der Waals surface area contributed by atoms with Gasteiger partial charge in [0.25, 0.3) is 5.91 Å². The van der Waals surface area contributed by atoms with Gasteiger partial charge in [0.05, 0.1) is 0 Å². The molecule has 154 valence electrons. The highest BCUT2D eigenvalue weighted by atomic mass is 16.1. The van der Waals surface area contributed by atoms with Gasteiger partial charge < -0.3 is 20.4 Å². The zero-order valence-electron chi connectivity index (χ0n) is 17.8. The molecule has 3 heterocycles. The highest BCUT2D eigenvalue weighted by molar-refractivity contribution is 5.93. The molecule has 0 aromatic heterocycles. The normalized spacial score (nSPS) is 23.0. The number of hydrogen-bond acceptors (Lipinski definition) is 4. The van der Waals surface area contributed by atoms with Gasteiger partial charge in [-0.05, 0) is 54.5 Å². The molecule has 0 radical (unpaired) electrons. The number of rotatable bonds is 5. The van der Waals surface area contributed by atoms with Gasteiger partial charge in [-0.25, -0.2) is 0 Å². The number of anilines is 1.